The van der Waals surface area contributed by atoms with E-state index in [1.165, 1.54) is 13.2 Å². The first kappa shape index (κ1) is 20.4. The molecular formula is C23H19ClFN3O4. The number of amides is 1. The molecule has 1 amide bonds. The largest absolute Gasteiger partial charge is 0.504 e. The molecule has 164 valence electrons. The smallest absolute Gasteiger partial charge is 0.260 e. The van der Waals surface area contributed by atoms with Gasteiger partial charge in [0.15, 0.2) is 5.76 Å². The number of halogens is 2. The molecule has 1 aromatic heterocycles. The van der Waals surface area contributed by atoms with Gasteiger partial charge in [0.25, 0.3) is 11.8 Å². The Kier molecular flexibility index (Phi) is 5.01. The van der Waals surface area contributed by atoms with Gasteiger partial charge in [0.2, 0.25) is 5.76 Å². The lowest BCUT2D eigenvalue weighted by Crippen LogP contribution is -2.19. The summed E-state index contributed by atoms with van der Waals surface area (Å²) in [6, 6.07) is 12.4. The van der Waals surface area contributed by atoms with Crippen LogP contribution in [-0.4, -0.2) is 42.5 Å². The van der Waals surface area contributed by atoms with Gasteiger partial charge in [-0.1, -0.05) is 23.7 Å². The predicted molar refractivity (Wildman–Crippen MR) is 120 cm³/mol. The number of benzene rings is 2. The maximum atomic E-state index is 13.5. The molecule has 0 unspecified atom stereocenters. The first-order valence-corrected chi connectivity index (χ1v) is 10.4. The van der Waals surface area contributed by atoms with Gasteiger partial charge in [-0.15, -0.1) is 0 Å². The lowest BCUT2D eigenvalue weighted by molar-refractivity contribution is -0.110. The van der Waals surface area contributed by atoms with Gasteiger partial charge in [0, 0.05) is 29.9 Å². The molecule has 2 aromatic carbocycles. The molecule has 2 aliphatic rings. The first-order valence-electron chi connectivity index (χ1n) is 10.0. The van der Waals surface area contributed by atoms with E-state index in [4.69, 9.17) is 20.9 Å². The number of anilines is 2. The Balaban J connectivity index is 1.53. The number of rotatable bonds is 4. The van der Waals surface area contributed by atoms with Crippen molar-refractivity contribution >= 4 is 40.2 Å². The topological polar surface area (TPSA) is 87.8 Å². The van der Waals surface area contributed by atoms with Gasteiger partial charge in [-0.05, 0) is 41.4 Å². The van der Waals surface area contributed by atoms with Gasteiger partial charge < -0.3 is 24.6 Å². The highest BCUT2D eigenvalue weighted by atomic mass is 35.5. The zero-order chi connectivity index (χ0) is 22.4. The highest BCUT2D eigenvalue weighted by molar-refractivity contribution is 6.38. The Morgan fingerprint density at radius 3 is 2.72 bits per heavy atom. The van der Waals surface area contributed by atoms with Gasteiger partial charge in [0.1, 0.15) is 6.17 Å². The SMILES string of the molecule is COc1cc(C(O)=C2C(=O)Nc3cc(Cl)c(-c4ccc(N5CC[C@@H](F)C5)cc4)cc32)on1. The number of aliphatic hydroxyl groups is 1. The van der Waals surface area contributed by atoms with Crippen molar-refractivity contribution in [2.45, 2.75) is 12.6 Å². The minimum atomic E-state index is -0.798. The number of carbonyl (C=O) groups excluding carboxylic acids is 1. The number of methoxy groups -OCH3 is 1. The number of hydrogen-bond donors (Lipinski definition) is 2. The summed E-state index contributed by atoms with van der Waals surface area (Å²) in [5, 5.41) is 17.5. The maximum Gasteiger partial charge on any atom is 0.260 e. The third-order valence-corrected chi connectivity index (χ3v) is 6.01. The summed E-state index contributed by atoms with van der Waals surface area (Å²) in [6.07, 6.45) is -0.261. The van der Waals surface area contributed by atoms with Crippen molar-refractivity contribution in [3.63, 3.8) is 0 Å². The zero-order valence-corrected chi connectivity index (χ0v) is 17.8. The molecule has 7 nitrogen and oxygen atoms in total. The van der Waals surface area contributed by atoms with Crippen molar-refractivity contribution in [2.75, 3.05) is 30.4 Å². The predicted octanol–water partition coefficient (Wildman–Crippen LogP) is 4.93. The van der Waals surface area contributed by atoms with Crippen LogP contribution in [0.1, 0.15) is 17.7 Å². The Hall–Kier alpha value is -3.52. The van der Waals surface area contributed by atoms with E-state index in [9.17, 15) is 14.3 Å². The van der Waals surface area contributed by atoms with Gasteiger partial charge in [-0.3, -0.25) is 4.79 Å². The van der Waals surface area contributed by atoms with E-state index in [2.05, 4.69) is 10.5 Å². The van der Waals surface area contributed by atoms with Crippen molar-refractivity contribution in [3.05, 3.63) is 58.8 Å². The summed E-state index contributed by atoms with van der Waals surface area (Å²) in [5.41, 5.74) is 3.50. The molecule has 2 N–H and O–H groups in total. The number of alkyl halides is 1. The molecule has 1 saturated heterocycles. The second-order valence-corrected chi connectivity index (χ2v) is 8.07. The Bertz CT molecular complexity index is 1240. The van der Waals surface area contributed by atoms with E-state index in [1.807, 2.05) is 29.2 Å². The number of ether oxygens (including phenoxy) is 1. The molecule has 32 heavy (non-hydrogen) atoms. The number of aliphatic hydroxyl groups excluding tert-OH is 1. The molecule has 1 fully saturated rings. The Labute approximate surface area is 188 Å². The van der Waals surface area contributed by atoms with Crippen molar-refractivity contribution in [3.8, 4) is 17.0 Å². The first-order chi connectivity index (χ1) is 15.4. The van der Waals surface area contributed by atoms with Gasteiger partial charge in [0.05, 0.1) is 29.5 Å². The van der Waals surface area contributed by atoms with Crippen molar-refractivity contribution < 1.29 is 23.6 Å². The molecule has 0 saturated carbocycles. The molecule has 0 radical (unpaired) electrons. The van der Waals surface area contributed by atoms with Crippen LogP contribution in [0.5, 0.6) is 5.88 Å². The highest BCUT2D eigenvalue weighted by Gasteiger charge is 2.31. The highest BCUT2D eigenvalue weighted by Crippen LogP contribution is 2.42. The quantitative estimate of drug-likeness (QED) is 0.428. The summed E-state index contributed by atoms with van der Waals surface area (Å²) < 4.78 is 23.6. The van der Waals surface area contributed by atoms with Gasteiger partial charge in [-0.2, -0.15) is 0 Å². The molecule has 3 heterocycles. The standard InChI is InChI=1S/C23H19ClFN3O4/c1-31-20-10-19(32-27-20)22(29)21-16-8-15(17(24)9-18(16)26-23(21)30)12-2-4-14(5-3-12)28-7-6-13(25)11-28/h2-5,8-10,13,29H,6-7,11H2,1H3,(H,26,30)/t13-/m1/s1. The molecule has 2 aliphatic heterocycles. The average molecular weight is 456 g/mol. The summed E-state index contributed by atoms with van der Waals surface area (Å²) in [6.45, 7) is 1.08. The molecule has 0 aliphatic carbocycles. The Morgan fingerprint density at radius 2 is 2.06 bits per heavy atom. The number of nitrogens with zero attached hydrogens (tertiary/aromatic N) is 2. The van der Waals surface area contributed by atoms with Crippen molar-refractivity contribution in [1.29, 1.82) is 0 Å². The van der Waals surface area contributed by atoms with Crippen molar-refractivity contribution in [2.24, 2.45) is 0 Å². The second kappa shape index (κ2) is 7.87. The lowest BCUT2D eigenvalue weighted by atomic mass is 9.98. The number of nitrogens with one attached hydrogen (secondary N) is 1. The van der Waals surface area contributed by atoms with Crippen LogP contribution < -0.4 is 15.0 Å². The number of fused-ring (bicyclic) bond motifs is 1. The number of aromatic nitrogens is 1. The molecule has 0 bridgehead atoms. The van der Waals surface area contributed by atoms with Crippen LogP contribution in [0, 0.1) is 0 Å². The summed E-state index contributed by atoms with van der Waals surface area (Å²) in [5.74, 6) is -0.640. The van der Waals surface area contributed by atoms with Crippen molar-refractivity contribution in [1.82, 2.24) is 5.16 Å². The van der Waals surface area contributed by atoms with E-state index in [-0.39, 0.29) is 23.0 Å². The minimum Gasteiger partial charge on any atom is -0.504 e. The monoisotopic (exact) mass is 455 g/mol. The fourth-order valence-electron chi connectivity index (χ4n) is 4.04. The summed E-state index contributed by atoms with van der Waals surface area (Å²) >= 11 is 6.51. The normalized spacial score (nSPS) is 19.2. The van der Waals surface area contributed by atoms with E-state index in [0.29, 0.717) is 41.3 Å². The van der Waals surface area contributed by atoms with Crippen LogP contribution in [0.2, 0.25) is 5.02 Å². The number of hydrogen-bond acceptors (Lipinski definition) is 6. The fourth-order valence-corrected chi connectivity index (χ4v) is 4.31. The maximum absolute atomic E-state index is 13.5. The van der Waals surface area contributed by atoms with Crippen LogP contribution >= 0.6 is 11.6 Å². The van der Waals surface area contributed by atoms with Crippen LogP contribution in [0.4, 0.5) is 15.8 Å². The average Bonchev–Trinajstić information content (AvgIpc) is 3.51. The number of carbonyl (C=O) groups is 1. The van der Waals surface area contributed by atoms with E-state index < -0.39 is 12.1 Å². The molecular weight excluding hydrogens is 437 g/mol. The van der Waals surface area contributed by atoms with Crippen LogP contribution in [0.15, 0.2) is 47.0 Å². The third kappa shape index (κ3) is 3.46. The Morgan fingerprint density at radius 1 is 1.28 bits per heavy atom. The zero-order valence-electron chi connectivity index (χ0n) is 17.1. The lowest BCUT2D eigenvalue weighted by Gasteiger charge is -2.18. The molecule has 5 rings (SSSR count). The van der Waals surface area contributed by atoms with Gasteiger partial charge in [-0.25, -0.2) is 4.39 Å². The van der Waals surface area contributed by atoms with Crippen LogP contribution in [0.3, 0.4) is 0 Å². The summed E-state index contributed by atoms with van der Waals surface area (Å²) in [7, 11) is 1.42. The molecule has 1 atom stereocenters. The van der Waals surface area contributed by atoms with E-state index >= 15 is 0 Å². The fraction of sp³-hybridized carbons (Fsp3) is 0.217. The van der Waals surface area contributed by atoms with Crippen LogP contribution in [0.25, 0.3) is 22.5 Å². The van der Waals surface area contributed by atoms with E-state index in [1.54, 1.807) is 12.1 Å². The molecule has 3 aromatic rings. The van der Waals surface area contributed by atoms with Crippen LogP contribution in [-0.2, 0) is 4.79 Å². The molecule has 9 heteroatoms. The third-order valence-electron chi connectivity index (χ3n) is 5.69. The molecule has 0 spiro atoms. The van der Waals surface area contributed by atoms with Gasteiger partial charge >= 0.3 is 0 Å². The van der Waals surface area contributed by atoms with E-state index in [0.717, 1.165) is 11.3 Å². The second-order valence-electron chi connectivity index (χ2n) is 7.67. The minimum absolute atomic E-state index is 0.0116. The summed E-state index contributed by atoms with van der Waals surface area (Å²) in [4.78, 5) is 14.6.